The molecule has 3 aromatic rings. The van der Waals surface area contributed by atoms with Crippen LogP contribution < -0.4 is 0 Å². The quantitative estimate of drug-likeness (QED) is 0.693. The Bertz CT molecular complexity index is 745. The van der Waals surface area contributed by atoms with Gasteiger partial charge in [-0.2, -0.15) is 0 Å². The van der Waals surface area contributed by atoms with Crippen LogP contribution in [0, 0.1) is 6.92 Å². The van der Waals surface area contributed by atoms with Gasteiger partial charge in [0.2, 0.25) is 0 Å². The SMILES string of the molecule is Cc1ccc2nc(C(C)Cl)n(C(C)Cn3ccnc3)c2n1. The molecule has 5 nitrogen and oxygen atoms in total. The molecule has 0 bridgehead atoms. The predicted molar refractivity (Wildman–Crippen MR) is 83.5 cm³/mol. The number of imidazole rings is 2. The van der Waals surface area contributed by atoms with Gasteiger partial charge in [0.1, 0.15) is 11.3 Å². The number of aryl methyl sites for hydroxylation is 1. The summed E-state index contributed by atoms with van der Waals surface area (Å²) in [6.07, 6.45) is 5.56. The van der Waals surface area contributed by atoms with E-state index in [2.05, 4.69) is 31.0 Å². The fourth-order valence-electron chi connectivity index (χ4n) is 2.58. The van der Waals surface area contributed by atoms with Crippen LogP contribution in [0.15, 0.2) is 30.9 Å². The first-order valence-electron chi connectivity index (χ1n) is 7.01. The maximum absolute atomic E-state index is 6.32. The Balaban J connectivity index is 2.09. The third kappa shape index (κ3) is 2.65. The van der Waals surface area contributed by atoms with Gasteiger partial charge in [-0.25, -0.2) is 15.0 Å². The van der Waals surface area contributed by atoms with Crippen LogP contribution in [0.2, 0.25) is 0 Å². The maximum atomic E-state index is 6.32. The molecule has 0 aliphatic heterocycles. The molecule has 0 fully saturated rings. The van der Waals surface area contributed by atoms with E-state index < -0.39 is 0 Å². The Morgan fingerprint density at radius 1 is 1.24 bits per heavy atom. The molecule has 0 aromatic carbocycles. The lowest BCUT2D eigenvalue weighted by Gasteiger charge is -2.18. The fraction of sp³-hybridized carbons (Fsp3) is 0.400. The van der Waals surface area contributed by atoms with E-state index in [9.17, 15) is 0 Å². The van der Waals surface area contributed by atoms with Gasteiger partial charge in [-0.05, 0) is 32.9 Å². The van der Waals surface area contributed by atoms with E-state index in [1.165, 1.54) is 0 Å². The van der Waals surface area contributed by atoms with Gasteiger partial charge in [0.05, 0.1) is 17.7 Å². The Morgan fingerprint density at radius 2 is 2.05 bits per heavy atom. The van der Waals surface area contributed by atoms with Crippen molar-refractivity contribution < 1.29 is 0 Å². The van der Waals surface area contributed by atoms with Crippen molar-refractivity contribution in [1.29, 1.82) is 0 Å². The van der Waals surface area contributed by atoms with Gasteiger partial charge in [-0.3, -0.25) is 0 Å². The van der Waals surface area contributed by atoms with E-state index >= 15 is 0 Å². The first-order chi connectivity index (χ1) is 10.1. The Morgan fingerprint density at radius 3 is 2.71 bits per heavy atom. The molecule has 0 spiro atoms. The number of hydrogen-bond acceptors (Lipinski definition) is 3. The smallest absolute Gasteiger partial charge is 0.160 e. The number of aromatic nitrogens is 5. The highest BCUT2D eigenvalue weighted by atomic mass is 35.5. The predicted octanol–water partition coefficient (Wildman–Crippen LogP) is 3.50. The van der Waals surface area contributed by atoms with Gasteiger partial charge in [-0.15, -0.1) is 11.6 Å². The zero-order chi connectivity index (χ0) is 15.0. The molecule has 6 heteroatoms. The van der Waals surface area contributed by atoms with E-state index in [1.807, 2.05) is 38.5 Å². The summed E-state index contributed by atoms with van der Waals surface area (Å²) in [5.74, 6) is 0.859. The highest BCUT2D eigenvalue weighted by molar-refractivity contribution is 6.20. The zero-order valence-electron chi connectivity index (χ0n) is 12.4. The van der Waals surface area contributed by atoms with E-state index in [0.29, 0.717) is 0 Å². The summed E-state index contributed by atoms with van der Waals surface area (Å²) in [5, 5.41) is -0.162. The van der Waals surface area contributed by atoms with Gasteiger partial charge < -0.3 is 9.13 Å². The molecule has 0 amide bonds. The summed E-state index contributed by atoms with van der Waals surface area (Å²) >= 11 is 6.32. The van der Waals surface area contributed by atoms with E-state index in [1.54, 1.807) is 6.20 Å². The van der Waals surface area contributed by atoms with Gasteiger partial charge >= 0.3 is 0 Å². The molecule has 3 rings (SSSR count). The van der Waals surface area contributed by atoms with Crippen LogP contribution in [-0.2, 0) is 6.54 Å². The molecule has 2 unspecified atom stereocenters. The Hall–Kier alpha value is -1.88. The molecule has 21 heavy (non-hydrogen) atoms. The van der Waals surface area contributed by atoms with Crippen LogP contribution in [-0.4, -0.2) is 24.1 Å². The third-order valence-electron chi connectivity index (χ3n) is 3.53. The molecule has 3 heterocycles. The second kappa shape index (κ2) is 5.48. The van der Waals surface area contributed by atoms with Gasteiger partial charge in [-0.1, -0.05) is 0 Å². The molecule has 3 aromatic heterocycles. The average molecular weight is 304 g/mol. The van der Waals surface area contributed by atoms with Crippen LogP contribution in [0.4, 0.5) is 0 Å². The first-order valence-corrected chi connectivity index (χ1v) is 7.45. The van der Waals surface area contributed by atoms with E-state index in [0.717, 1.165) is 29.2 Å². The molecule has 0 radical (unpaired) electrons. The van der Waals surface area contributed by atoms with Crippen LogP contribution in [0.5, 0.6) is 0 Å². The largest absolute Gasteiger partial charge is 0.335 e. The monoisotopic (exact) mass is 303 g/mol. The van der Waals surface area contributed by atoms with Crippen molar-refractivity contribution >= 4 is 22.8 Å². The number of rotatable bonds is 4. The third-order valence-corrected chi connectivity index (χ3v) is 3.73. The topological polar surface area (TPSA) is 48.5 Å². The molecule has 0 saturated heterocycles. The van der Waals surface area contributed by atoms with Crippen LogP contribution in [0.3, 0.4) is 0 Å². The van der Waals surface area contributed by atoms with Crippen LogP contribution in [0.25, 0.3) is 11.2 Å². The number of hydrogen-bond donors (Lipinski definition) is 0. The highest BCUT2D eigenvalue weighted by Crippen LogP contribution is 2.27. The first kappa shape index (κ1) is 14.1. The van der Waals surface area contributed by atoms with E-state index in [4.69, 9.17) is 11.6 Å². The molecule has 0 saturated carbocycles. The minimum atomic E-state index is -0.162. The molecule has 2 atom stereocenters. The average Bonchev–Trinajstić information content (AvgIpc) is 3.04. The molecular formula is C15H18ClN5. The lowest BCUT2D eigenvalue weighted by Crippen LogP contribution is -2.15. The number of alkyl halides is 1. The summed E-state index contributed by atoms with van der Waals surface area (Å²) in [4.78, 5) is 13.4. The van der Waals surface area contributed by atoms with Crippen LogP contribution in [0.1, 0.15) is 36.8 Å². The van der Waals surface area contributed by atoms with Crippen molar-refractivity contribution in [2.24, 2.45) is 0 Å². The summed E-state index contributed by atoms with van der Waals surface area (Å²) < 4.78 is 4.19. The number of halogens is 1. The maximum Gasteiger partial charge on any atom is 0.160 e. The molecule has 0 aliphatic carbocycles. The molecular weight excluding hydrogens is 286 g/mol. The van der Waals surface area contributed by atoms with Crippen molar-refractivity contribution in [2.45, 2.75) is 38.7 Å². The summed E-state index contributed by atoms with van der Waals surface area (Å²) in [7, 11) is 0. The van der Waals surface area contributed by atoms with E-state index in [-0.39, 0.29) is 11.4 Å². The summed E-state index contributed by atoms with van der Waals surface area (Å²) in [6, 6.07) is 4.17. The summed E-state index contributed by atoms with van der Waals surface area (Å²) in [6.45, 7) is 6.88. The van der Waals surface area contributed by atoms with Crippen molar-refractivity contribution in [3.8, 4) is 0 Å². The van der Waals surface area contributed by atoms with Crippen molar-refractivity contribution in [1.82, 2.24) is 24.1 Å². The normalized spacial score (nSPS) is 14.5. The van der Waals surface area contributed by atoms with Gasteiger partial charge in [0.15, 0.2) is 5.65 Å². The van der Waals surface area contributed by atoms with Crippen LogP contribution >= 0.6 is 11.6 Å². The second-order valence-corrected chi connectivity index (χ2v) is 6.01. The van der Waals surface area contributed by atoms with Gasteiger partial charge in [0, 0.05) is 24.6 Å². The van der Waals surface area contributed by atoms with Crippen molar-refractivity contribution in [3.63, 3.8) is 0 Å². The highest BCUT2D eigenvalue weighted by Gasteiger charge is 2.20. The van der Waals surface area contributed by atoms with Crippen molar-refractivity contribution in [3.05, 3.63) is 42.4 Å². The Kier molecular flexibility index (Phi) is 3.68. The lowest BCUT2D eigenvalue weighted by atomic mass is 10.3. The standard InChI is InChI=1S/C15H18ClN5/c1-10-4-5-13-15(18-10)21(14(19-13)12(3)16)11(2)8-20-7-6-17-9-20/h4-7,9,11-12H,8H2,1-3H3. The Labute approximate surface area is 128 Å². The zero-order valence-corrected chi connectivity index (χ0v) is 13.1. The number of nitrogens with zero attached hydrogens (tertiary/aromatic N) is 5. The summed E-state index contributed by atoms with van der Waals surface area (Å²) in [5.41, 5.74) is 2.76. The molecule has 110 valence electrons. The number of pyridine rings is 1. The fourth-order valence-corrected chi connectivity index (χ4v) is 2.74. The molecule has 0 aliphatic rings. The van der Waals surface area contributed by atoms with Gasteiger partial charge in [0.25, 0.3) is 0 Å². The molecule has 0 N–H and O–H groups in total. The minimum Gasteiger partial charge on any atom is -0.335 e. The number of fused-ring (bicyclic) bond motifs is 1. The second-order valence-electron chi connectivity index (χ2n) is 5.36. The lowest BCUT2D eigenvalue weighted by molar-refractivity contribution is 0.457. The van der Waals surface area contributed by atoms with Crippen molar-refractivity contribution in [2.75, 3.05) is 0 Å². The minimum absolute atomic E-state index is 0.162.